The van der Waals surface area contributed by atoms with E-state index in [-0.39, 0.29) is 0 Å². The average Bonchev–Trinajstić information content (AvgIpc) is 3.31. The molecule has 27 heavy (non-hydrogen) atoms. The Hall–Kier alpha value is -2.90. The maximum absolute atomic E-state index is 11.7. The number of aromatic nitrogens is 3. The van der Waals surface area contributed by atoms with Gasteiger partial charge in [-0.05, 0) is 24.7 Å². The largest absolute Gasteiger partial charge is 0.464 e. The van der Waals surface area contributed by atoms with Crippen molar-refractivity contribution < 1.29 is 9.90 Å². The molecule has 1 saturated heterocycles. The minimum absolute atomic E-state index is 0.540. The topological polar surface area (TPSA) is 66.5 Å². The van der Waals surface area contributed by atoms with E-state index >= 15 is 0 Å². The molecule has 1 fully saturated rings. The molecule has 2 aromatic heterocycles. The van der Waals surface area contributed by atoms with Gasteiger partial charge in [-0.3, -0.25) is 4.90 Å². The van der Waals surface area contributed by atoms with Crippen LogP contribution in [0.3, 0.4) is 0 Å². The maximum Gasteiger partial charge on any atom is 0.417 e. The molecule has 0 aliphatic carbocycles. The molecule has 4 rings (SSSR count). The minimum atomic E-state index is -1.02. The molecule has 0 spiro atoms. The van der Waals surface area contributed by atoms with E-state index in [0.29, 0.717) is 5.82 Å². The van der Waals surface area contributed by atoms with Gasteiger partial charge in [0, 0.05) is 50.7 Å². The second kappa shape index (κ2) is 7.38. The molecule has 0 radical (unpaired) electrons. The molecule has 1 aliphatic heterocycles. The molecule has 0 bridgehead atoms. The summed E-state index contributed by atoms with van der Waals surface area (Å²) < 4.78 is 2.89. The maximum atomic E-state index is 11.7. The van der Waals surface area contributed by atoms with Crippen LogP contribution in [0.4, 0.5) is 4.79 Å². The van der Waals surface area contributed by atoms with Crippen molar-refractivity contribution in [3.63, 3.8) is 0 Å². The zero-order valence-corrected chi connectivity index (χ0v) is 15.3. The van der Waals surface area contributed by atoms with Crippen LogP contribution in [0.15, 0.2) is 54.9 Å². The third-order valence-corrected chi connectivity index (χ3v) is 4.99. The molecule has 7 nitrogen and oxygen atoms in total. The number of hydrogen-bond donors (Lipinski definition) is 1. The van der Waals surface area contributed by atoms with Crippen molar-refractivity contribution >= 4 is 6.09 Å². The van der Waals surface area contributed by atoms with Crippen LogP contribution in [0.2, 0.25) is 0 Å². The number of piperazine rings is 1. The lowest BCUT2D eigenvalue weighted by Gasteiger charge is -2.31. The first kappa shape index (κ1) is 17.5. The molecule has 3 heterocycles. The van der Waals surface area contributed by atoms with E-state index in [1.54, 1.807) is 10.9 Å². The van der Waals surface area contributed by atoms with Crippen LogP contribution in [0, 0.1) is 0 Å². The lowest BCUT2D eigenvalue weighted by molar-refractivity contribution is 0.146. The van der Waals surface area contributed by atoms with Crippen molar-refractivity contribution in [1.82, 2.24) is 24.1 Å². The second-order valence-corrected chi connectivity index (χ2v) is 6.90. The summed E-state index contributed by atoms with van der Waals surface area (Å²) in [4.78, 5) is 16.4. The standard InChI is InChI=1S/C20H23N5O2/c1-22-11-13-23(14-12-22)15-17-7-10-25(21-17)19-18(8-9-24(19)20(26)27)16-5-3-2-4-6-16/h2-10H,11-15H2,1H3,(H,26,27). The fourth-order valence-electron chi connectivity index (χ4n) is 3.45. The molecule has 3 aromatic rings. The summed E-state index contributed by atoms with van der Waals surface area (Å²) in [6.07, 6.45) is 2.39. The Bertz CT molecular complexity index is 923. The molecule has 1 aromatic carbocycles. The van der Waals surface area contributed by atoms with Crippen LogP contribution in [0.1, 0.15) is 5.69 Å². The Morgan fingerprint density at radius 3 is 2.48 bits per heavy atom. The van der Waals surface area contributed by atoms with Gasteiger partial charge in [-0.2, -0.15) is 5.10 Å². The first-order chi connectivity index (χ1) is 13.1. The summed E-state index contributed by atoms with van der Waals surface area (Å²) in [5.41, 5.74) is 2.74. The predicted octanol–water partition coefficient (Wildman–Crippen LogP) is 2.61. The number of benzene rings is 1. The highest BCUT2D eigenvalue weighted by Gasteiger charge is 2.19. The van der Waals surface area contributed by atoms with E-state index in [2.05, 4.69) is 21.9 Å². The number of nitrogens with zero attached hydrogens (tertiary/aromatic N) is 5. The summed E-state index contributed by atoms with van der Waals surface area (Å²) in [6.45, 7) is 4.92. The Morgan fingerprint density at radius 1 is 1.04 bits per heavy atom. The Labute approximate surface area is 158 Å². The molecular weight excluding hydrogens is 342 g/mol. The fraction of sp³-hybridized carbons (Fsp3) is 0.300. The lowest BCUT2D eigenvalue weighted by atomic mass is 10.1. The Morgan fingerprint density at radius 2 is 1.78 bits per heavy atom. The normalized spacial score (nSPS) is 15.9. The number of carbonyl (C=O) groups is 1. The van der Waals surface area contributed by atoms with Gasteiger partial charge in [0.1, 0.15) is 0 Å². The highest BCUT2D eigenvalue weighted by molar-refractivity contribution is 5.80. The van der Waals surface area contributed by atoms with Gasteiger partial charge in [0.15, 0.2) is 5.82 Å². The van der Waals surface area contributed by atoms with Crippen LogP contribution >= 0.6 is 0 Å². The zero-order chi connectivity index (χ0) is 18.8. The van der Waals surface area contributed by atoms with Gasteiger partial charge in [0.05, 0.1) is 5.69 Å². The first-order valence-electron chi connectivity index (χ1n) is 9.08. The van der Waals surface area contributed by atoms with Gasteiger partial charge in [-0.25, -0.2) is 14.0 Å². The predicted molar refractivity (Wildman–Crippen MR) is 103 cm³/mol. The summed E-state index contributed by atoms with van der Waals surface area (Å²) in [5, 5.41) is 14.3. The SMILES string of the molecule is CN1CCN(Cc2ccn(-c3c(-c4ccccc4)ccn3C(=O)O)n2)CC1. The monoisotopic (exact) mass is 365 g/mol. The van der Waals surface area contributed by atoms with E-state index in [4.69, 9.17) is 0 Å². The average molecular weight is 365 g/mol. The molecule has 0 unspecified atom stereocenters. The summed E-state index contributed by atoms with van der Waals surface area (Å²) in [6, 6.07) is 13.6. The third-order valence-electron chi connectivity index (χ3n) is 4.99. The van der Waals surface area contributed by atoms with Gasteiger partial charge < -0.3 is 10.0 Å². The number of rotatable bonds is 4. The molecule has 0 atom stereocenters. The van der Waals surface area contributed by atoms with Gasteiger partial charge in [-0.1, -0.05) is 30.3 Å². The van der Waals surface area contributed by atoms with Crippen LogP contribution in [-0.2, 0) is 6.54 Å². The Balaban J connectivity index is 1.64. The van der Waals surface area contributed by atoms with Gasteiger partial charge >= 0.3 is 6.09 Å². The fourth-order valence-corrected chi connectivity index (χ4v) is 3.45. The van der Waals surface area contributed by atoms with E-state index in [1.165, 1.54) is 4.57 Å². The van der Waals surface area contributed by atoms with Crippen LogP contribution in [0.25, 0.3) is 16.9 Å². The van der Waals surface area contributed by atoms with Gasteiger partial charge in [-0.15, -0.1) is 0 Å². The first-order valence-corrected chi connectivity index (χ1v) is 9.08. The molecule has 140 valence electrons. The highest BCUT2D eigenvalue weighted by Crippen LogP contribution is 2.28. The molecule has 1 N–H and O–H groups in total. The summed E-state index contributed by atoms with van der Waals surface area (Å²) >= 11 is 0. The van der Waals surface area contributed by atoms with Crippen LogP contribution in [-0.4, -0.2) is 68.6 Å². The van der Waals surface area contributed by atoms with E-state index in [1.807, 2.05) is 48.7 Å². The van der Waals surface area contributed by atoms with E-state index in [9.17, 15) is 9.90 Å². The molecule has 7 heteroatoms. The molecule has 0 amide bonds. The molecule has 1 aliphatic rings. The molecule has 0 saturated carbocycles. The number of hydrogen-bond acceptors (Lipinski definition) is 4. The van der Waals surface area contributed by atoms with E-state index in [0.717, 1.165) is 49.5 Å². The zero-order valence-electron chi connectivity index (χ0n) is 15.3. The van der Waals surface area contributed by atoms with Gasteiger partial charge in [0.2, 0.25) is 0 Å². The van der Waals surface area contributed by atoms with Crippen molar-refractivity contribution in [2.75, 3.05) is 33.2 Å². The smallest absolute Gasteiger partial charge is 0.417 e. The highest BCUT2D eigenvalue weighted by atomic mass is 16.4. The summed E-state index contributed by atoms with van der Waals surface area (Å²) in [7, 11) is 2.14. The lowest BCUT2D eigenvalue weighted by Crippen LogP contribution is -2.43. The van der Waals surface area contributed by atoms with Crippen molar-refractivity contribution in [2.24, 2.45) is 0 Å². The van der Waals surface area contributed by atoms with Crippen LogP contribution in [0.5, 0.6) is 0 Å². The number of carboxylic acid groups (broad SMARTS) is 1. The van der Waals surface area contributed by atoms with Crippen molar-refractivity contribution in [2.45, 2.75) is 6.54 Å². The summed E-state index contributed by atoms with van der Waals surface area (Å²) in [5.74, 6) is 0.540. The van der Waals surface area contributed by atoms with Crippen molar-refractivity contribution in [3.05, 3.63) is 60.6 Å². The minimum Gasteiger partial charge on any atom is -0.464 e. The Kier molecular flexibility index (Phi) is 4.79. The third kappa shape index (κ3) is 3.65. The number of likely N-dealkylation sites (N-methyl/N-ethyl adjacent to an activating group) is 1. The van der Waals surface area contributed by atoms with E-state index < -0.39 is 6.09 Å². The van der Waals surface area contributed by atoms with Gasteiger partial charge in [0.25, 0.3) is 0 Å². The van der Waals surface area contributed by atoms with Crippen LogP contribution < -0.4 is 0 Å². The quantitative estimate of drug-likeness (QED) is 0.770. The van der Waals surface area contributed by atoms with Crippen molar-refractivity contribution in [3.8, 4) is 16.9 Å². The van der Waals surface area contributed by atoms with Crippen molar-refractivity contribution in [1.29, 1.82) is 0 Å². The molecular formula is C20H23N5O2. The second-order valence-electron chi connectivity index (χ2n) is 6.90.